The summed E-state index contributed by atoms with van der Waals surface area (Å²) >= 11 is 0. The molecule has 178 valence electrons. The number of hydrogen-bond donors (Lipinski definition) is 1. The lowest BCUT2D eigenvalue weighted by atomic mass is 10.1. The highest BCUT2D eigenvalue weighted by atomic mass is 32.2. The first-order chi connectivity index (χ1) is 16.7. The SMILES string of the molecule is Cc1ccc(N2C(=O)Cn3c(cc4ccccc43)C2C(=O)NCS(=O)(=O)c2ccc(C)cc2)cc1. The van der Waals surface area contributed by atoms with Crippen molar-refractivity contribution in [2.75, 3.05) is 10.8 Å². The molecule has 3 aromatic carbocycles. The topological polar surface area (TPSA) is 88.5 Å². The van der Waals surface area contributed by atoms with E-state index in [2.05, 4.69) is 5.32 Å². The van der Waals surface area contributed by atoms with Crippen molar-refractivity contribution in [3.8, 4) is 0 Å². The molecular weight excluding hydrogens is 462 g/mol. The third-order valence-electron chi connectivity index (χ3n) is 6.32. The Kier molecular flexibility index (Phi) is 5.68. The van der Waals surface area contributed by atoms with Crippen LogP contribution < -0.4 is 10.2 Å². The predicted octanol–water partition coefficient (Wildman–Crippen LogP) is 3.89. The summed E-state index contributed by atoms with van der Waals surface area (Å²) in [7, 11) is -3.76. The monoisotopic (exact) mass is 487 g/mol. The Morgan fingerprint density at radius 2 is 1.57 bits per heavy atom. The first-order valence-corrected chi connectivity index (χ1v) is 12.9. The highest BCUT2D eigenvalue weighted by molar-refractivity contribution is 7.91. The second-order valence-electron chi connectivity index (χ2n) is 8.83. The molecule has 0 fully saturated rings. The molecular formula is C27H25N3O4S. The van der Waals surface area contributed by atoms with Crippen molar-refractivity contribution < 1.29 is 18.0 Å². The number of aryl methyl sites for hydroxylation is 2. The van der Waals surface area contributed by atoms with Gasteiger partial charge in [0.1, 0.15) is 12.4 Å². The summed E-state index contributed by atoms with van der Waals surface area (Å²) in [6.07, 6.45) is 0. The number of amides is 2. The average molecular weight is 488 g/mol. The van der Waals surface area contributed by atoms with Gasteiger partial charge in [-0.25, -0.2) is 8.42 Å². The van der Waals surface area contributed by atoms with Crippen LogP contribution in [0.2, 0.25) is 0 Å². The second-order valence-corrected chi connectivity index (χ2v) is 10.8. The molecule has 35 heavy (non-hydrogen) atoms. The van der Waals surface area contributed by atoms with E-state index in [1.807, 2.05) is 60.9 Å². The Bertz CT molecular complexity index is 1540. The van der Waals surface area contributed by atoms with Crippen molar-refractivity contribution in [1.82, 2.24) is 9.88 Å². The third kappa shape index (κ3) is 4.21. The van der Waals surface area contributed by atoms with Gasteiger partial charge in [0, 0.05) is 11.2 Å². The quantitative estimate of drug-likeness (QED) is 0.463. The molecule has 2 amide bonds. The van der Waals surface area contributed by atoms with Gasteiger partial charge in [-0.15, -0.1) is 0 Å². The van der Waals surface area contributed by atoms with Gasteiger partial charge in [0.05, 0.1) is 10.6 Å². The number of sulfone groups is 1. The first-order valence-electron chi connectivity index (χ1n) is 11.3. The van der Waals surface area contributed by atoms with Gasteiger partial charge in [0.2, 0.25) is 11.8 Å². The van der Waals surface area contributed by atoms with Crippen molar-refractivity contribution in [2.24, 2.45) is 0 Å². The first kappa shape index (κ1) is 22.9. The van der Waals surface area contributed by atoms with Crippen LogP contribution in [-0.4, -0.2) is 30.7 Å². The number of hydrogen-bond acceptors (Lipinski definition) is 4. The number of benzene rings is 3. The Labute approximate surface area is 203 Å². The molecule has 0 radical (unpaired) electrons. The standard InChI is InChI=1S/C27H25N3O4S/c1-18-7-11-21(12-8-18)30-25(31)16-29-23-6-4-3-5-20(23)15-24(29)26(30)27(32)28-17-35(33,34)22-13-9-19(2)10-14-22/h3-15,26H,16-17H2,1-2H3,(H,28,32). The highest BCUT2D eigenvalue weighted by Gasteiger charge is 2.39. The van der Waals surface area contributed by atoms with Crippen LogP contribution >= 0.6 is 0 Å². The van der Waals surface area contributed by atoms with E-state index in [9.17, 15) is 18.0 Å². The molecule has 0 bridgehead atoms. The lowest BCUT2D eigenvalue weighted by Gasteiger charge is -2.36. The Balaban J connectivity index is 1.53. The van der Waals surface area contributed by atoms with Gasteiger partial charge in [-0.05, 0) is 55.6 Å². The van der Waals surface area contributed by atoms with Gasteiger partial charge in [-0.3, -0.25) is 14.5 Å². The summed E-state index contributed by atoms with van der Waals surface area (Å²) in [5.41, 5.74) is 4.03. The lowest BCUT2D eigenvalue weighted by Crippen LogP contribution is -2.50. The minimum absolute atomic E-state index is 0.0855. The fourth-order valence-electron chi connectivity index (χ4n) is 4.46. The molecule has 1 aliphatic heterocycles. The predicted molar refractivity (Wildman–Crippen MR) is 135 cm³/mol. The Hall–Kier alpha value is -3.91. The molecule has 1 aromatic heterocycles. The fraction of sp³-hybridized carbons (Fsp3) is 0.185. The molecule has 1 atom stereocenters. The summed E-state index contributed by atoms with van der Waals surface area (Å²) in [5, 5.41) is 3.50. The van der Waals surface area contributed by atoms with Crippen molar-refractivity contribution in [3.63, 3.8) is 0 Å². The molecule has 7 nitrogen and oxygen atoms in total. The molecule has 1 N–H and O–H groups in total. The van der Waals surface area contributed by atoms with E-state index >= 15 is 0 Å². The van der Waals surface area contributed by atoms with E-state index in [1.54, 1.807) is 24.3 Å². The van der Waals surface area contributed by atoms with Crippen molar-refractivity contribution in [3.05, 3.63) is 95.7 Å². The number of carbonyl (C=O) groups excluding carboxylic acids is 2. The Morgan fingerprint density at radius 3 is 2.26 bits per heavy atom. The number of carbonyl (C=O) groups is 2. The van der Waals surface area contributed by atoms with E-state index in [0.29, 0.717) is 11.4 Å². The van der Waals surface area contributed by atoms with Crippen LogP contribution in [0.3, 0.4) is 0 Å². The minimum atomic E-state index is -3.76. The molecule has 1 aliphatic rings. The van der Waals surface area contributed by atoms with Crippen LogP contribution in [0, 0.1) is 13.8 Å². The second kappa shape index (κ2) is 8.70. The zero-order valence-electron chi connectivity index (χ0n) is 19.4. The van der Waals surface area contributed by atoms with Crippen LogP contribution in [0.5, 0.6) is 0 Å². The fourth-order valence-corrected chi connectivity index (χ4v) is 5.51. The molecule has 5 rings (SSSR count). The normalized spacial score (nSPS) is 15.8. The molecule has 1 unspecified atom stereocenters. The summed E-state index contributed by atoms with van der Waals surface area (Å²) in [5.74, 6) is -1.37. The van der Waals surface area contributed by atoms with Crippen LogP contribution in [0.1, 0.15) is 22.9 Å². The van der Waals surface area contributed by atoms with Gasteiger partial charge in [0.15, 0.2) is 15.9 Å². The minimum Gasteiger partial charge on any atom is -0.340 e. The van der Waals surface area contributed by atoms with Gasteiger partial charge in [-0.1, -0.05) is 53.6 Å². The maximum Gasteiger partial charge on any atom is 0.250 e. The van der Waals surface area contributed by atoms with Crippen LogP contribution in [0.25, 0.3) is 10.9 Å². The molecule has 0 saturated heterocycles. The number of rotatable bonds is 5. The molecule has 4 aromatic rings. The van der Waals surface area contributed by atoms with E-state index in [4.69, 9.17) is 0 Å². The van der Waals surface area contributed by atoms with Crippen LogP contribution in [0.15, 0.2) is 83.8 Å². The van der Waals surface area contributed by atoms with Gasteiger partial charge in [-0.2, -0.15) is 0 Å². The van der Waals surface area contributed by atoms with E-state index < -0.39 is 27.7 Å². The van der Waals surface area contributed by atoms with Crippen LogP contribution in [-0.2, 0) is 26.0 Å². The highest BCUT2D eigenvalue weighted by Crippen LogP contribution is 2.36. The number of nitrogens with one attached hydrogen (secondary N) is 1. The zero-order chi connectivity index (χ0) is 24.7. The number of aromatic nitrogens is 1. The molecule has 8 heteroatoms. The number of fused-ring (bicyclic) bond motifs is 3. The van der Waals surface area contributed by atoms with Crippen molar-refractivity contribution >= 4 is 38.2 Å². The van der Waals surface area contributed by atoms with Gasteiger partial charge in [0.25, 0.3) is 0 Å². The smallest absolute Gasteiger partial charge is 0.250 e. The maximum atomic E-state index is 13.6. The Morgan fingerprint density at radius 1 is 0.943 bits per heavy atom. The van der Waals surface area contributed by atoms with E-state index in [0.717, 1.165) is 22.0 Å². The zero-order valence-corrected chi connectivity index (χ0v) is 20.2. The van der Waals surface area contributed by atoms with E-state index in [-0.39, 0.29) is 17.3 Å². The third-order valence-corrected chi connectivity index (χ3v) is 7.83. The molecule has 0 spiro atoms. The number of para-hydroxylation sites is 1. The molecule has 0 aliphatic carbocycles. The largest absolute Gasteiger partial charge is 0.340 e. The molecule has 2 heterocycles. The summed E-state index contributed by atoms with van der Waals surface area (Å²) in [4.78, 5) is 28.5. The average Bonchev–Trinajstić information content (AvgIpc) is 3.21. The maximum absolute atomic E-state index is 13.6. The summed E-state index contributed by atoms with van der Waals surface area (Å²) < 4.78 is 27.6. The number of nitrogens with zero attached hydrogens (tertiary/aromatic N) is 2. The molecule has 0 saturated carbocycles. The summed E-state index contributed by atoms with van der Waals surface area (Å²) in [6, 6.07) is 22.3. The summed E-state index contributed by atoms with van der Waals surface area (Å²) in [6.45, 7) is 3.90. The van der Waals surface area contributed by atoms with Crippen molar-refractivity contribution in [1.29, 1.82) is 0 Å². The van der Waals surface area contributed by atoms with Gasteiger partial charge < -0.3 is 9.88 Å². The van der Waals surface area contributed by atoms with E-state index in [1.165, 1.54) is 17.0 Å². The van der Waals surface area contributed by atoms with Gasteiger partial charge >= 0.3 is 0 Å². The van der Waals surface area contributed by atoms with Crippen molar-refractivity contribution in [2.45, 2.75) is 31.3 Å². The van der Waals surface area contributed by atoms with Crippen LogP contribution in [0.4, 0.5) is 5.69 Å². The lowest BCUT2D eigenvalue weighted by molar-refractivity contribution is -0.127. The number of anilines is 1.